The fourth-order valence-electron chi connectivity index (χ4n) is 4.44. The predicted octanol–water partition coefficient (Wildman–Crippen LogP) is 4.69. The van der Waals surface area contributed by atoms with E-state index >= 15 is 0 Å². The van der Waals surface area contributed by atoms with E-state index in [-0.39, 0.29) is 30.2 Å². The lowest BCUT2D eigenvalue weighted by molar-refractivity contribution is -0.123. The number of halogens is 1. The highest BCUT2D eigenvalue weighted by atomic mass is 32.1. The normalized spacial score (nSPS) is 13.9. The first kappa shape index (κ1) is 25.6. The van der Waals surface area contributed by atoms with Crippen LogP contribution in [-0.4, -0.2) is 59.3 Å². The van der Waals surface area contributed by atoms with Crippen LogP contribution in [0.5, 0.6) is 0 Å². The van der Waals surface area contributed by atoms with E-state index in [0.29, 0.717) is 42.7 Å². The molecule has 1 aliphatic rings. The first-order valence-corrected chi connectivity index (χ1v) is 13.3. The van der Waals surface area contributed by atoms with Crippen molar-refractivity contribution in [3.63, 3.8) is 0 Å². The monoisotopic (exact) mass is 529 g/mol. The van der Waals surface area contributed by atoms with E-state index in [4.69, 9.17) is 0 Å². The molecule has 1 aromatic heterocycles. The Kier molecular flexibility index (Phi) is 8.06. The zero-order chi connectivity index (χ0) is 26.3. The highest BCUT2D eigenvalue weighted by molar-refractivity contribution is 7.14. The Morgan fingerprint density at radius 2 is 1.47 bits per heavy atom. The van der Waals surface area contributed by atoms with Crippen LogP contribution in [0.1, 0.15) is 27.7 Å². The van der Waals surface area contributed by atoms with Crippen molar-refractivity contribution in [2.45, 2.75) is 6.04 Å². The molecule has 2 amide bonds. The highest BCUT2D eigenvalue weighted by Gasteiger charge is 2.26. The molecule has 9 heteroatoms. The van der Waals surface area contributed by atoms with Gasteiger partial charge in [0.05, 0.1) is 18.3 Å². The minimum Gasteiger partial charge on any atom is -0.344 e. The zero-order valence-corrected chi connectivity index (χ0v) is 21.5. The standard InChI is InChI=1S/C29H28FN5O2S/c30-23-13-7-8-14-24(23)31-29-32-25(20-38-29)28(37)35-17-15-34(16-18-35)19-26(36)33-27(21-9-3-1-4-10-21)22-11-5-2-6-12-22/h1-14,20,27H,15-19H2,(H,31,32)(H,33,36). The van der Waals surface area contributed by atoms with Crippen molar-refractivity contribution < 1.29 is 14.0 Å². The first-order chi connectivity index (χ1) is 18.6. The number of thiazole rings is 1. The quantitative estimate of drug-likeness (QED) is 0.346. The molecular weight excluding hydrogens is 501 g/mol. The van der Waals surface area contributed by atoms with E-state index in [9.17, 15) is 14.0 Å². The second-order valence-corrected chi connectivity index (χ2v) is 9.89. The molecule has 2 N–H and O–H groups in total. The van der Waals surface area contributed by atoms with Gasteiger partial charge < -0.3 is 15.5 Å². The molecule has 3 aromatic carbocycles. The van der Waals surface area contributed by atoms with Crippen LogP contribution in [0.4, 0.5) is 15.2 Å². The van der Waals surface area contributed by atoms with Crippen LogP contribution < -0.4 is 10.6 Å². The van der Waals surface area contributed by atoms with E-state index in [1.54, 1.807) is 28.5 Å². The largest absolute Gasteiger partial charge is 0.344 e. The van der Waals surface area contributed by atoms with Gasteiger partial charge in [0.15, 0.2) is 5.13 Å². The average Bonchev–Trinajstić information content (AvgIpc) is 3.42. The summed E-state index contributed by atoms with van der Waals surface area (Å²) in [6.07, 6.45) is 0. The van der Waals surface area contributed by atoms with Crippen LogP contribution in [0.3, 0.4) is 0 Å². The molecule has 0 saturated carbocycles. The topological polar surface area (TPSA) is 77.6 Å². The molecule has 1 fully saturated rings. The van der Waals surface area contributed by atoms with Crippen molar-refractivity contribution in [2.75, 3.05) is 38.0 Å². The van der Waals surface area contributed by atoms with Crippen LogP contribution in [0.15, 0.2) is 90.3 Å². The number of benzene rings is 3. The van der Waals surface area contributed by atoms with E-state index in [2.05, 4.69) is 20.5 Å². The minimum absolute atomic E-state index is 0.0640. The minimum atomic E-state index is -0.380. The summed E-state index contributed by atoms with van der Waals surface area (Å²) in [6, 6.07) is 25.9. The average molecular weight is 530 g/mol. The van der Waals surface area contributed by atoms with Gasteiger partial charge in [-0.05, 0) is 23.3 Å². The fourth-order valence-corrected chi connectivity index (χ4v) is 5.13. The van der Waals surface area contributed by atoms with E-state index in [1.807, 2.05) is 60.7 Å². The van der Waals surface area contributed by atoms with Crippen molar-refractivity contribution in [1.29, 1.82) is 0 Å². The third kappa shape index (κ3) is 6.24. The number of nitrogens with one attached hydrogen (secondary N) is 2. The summed E-state index contributed by atoms with van der Waals surface area (Å²) < 4.78 is 13.9. The number of para-hydroxylation sites is 1. The van der Waals surface area contributed by atoms with Gasteiger partial charge in [0, 0.05) is 31.6 Å². The van der Waals surface area contributed by atoms with Crippen LogP contribution in [-0.2, 0) is 4.79 Å². The molecule has 0 unspecified atom stereocenters. The van der Waals surface area contributed by atoms with Crippen LogP contribution in [0.25, 0.3) is 0 Å². The molecule has 38 heavy (non-hydrogen) atoms. The second kappa shape index (κ2) is 12.0. The molecule has 4 aromatic rings. The number of hydrogen-bond acceptors (Lipinski definition) is 6. The van der Waals surface area contributed by atoms with Crippen molar-refractivity contribution in [3.05, 3.63) is 113 Å². The smallest absolute Gasteiger partial charge is 0.273 e. The Balaban J connectivity index is 1.14. The summed E-state index contributed by atoms with van der Waals surface area (Å²) >= 11 is 1.26. The Morgan fingerprint density at radius 1 is 0.868 bits per heavy atom. The van der Waals surface area contributed by atoms with Gasteiger partial charge in [0.2, 0.25) is 5.91 Å². The van der Waals surface area contributed by atoms with E-state index in [1.165, 1.54) is 17.4 Å². The molecule has 5 rings (SSSR count). The lowest BCUT2D eigenvalue weighted by Crippen LogP contribution is -2.51. The zero-order valence-electron chi connectivity index (χ0n) is 20.7. The third-order valence-corrected chi connectivity index (χ3v) is 7.19. The fraction of sp³-hybridized carbons (Fsp3) is 0.207. The second-order valence-electron chi connectivity index (χ2n) is 9.03. The molecular formula is C29H28FN5O2S. The SMILES string of the molecule is O=C(CN1CCN(C(=O)c2csc(Nc3ccccc3F)n2)CC1)NC(c1ccccc1)c1ccccc1. The van der Waals surface area contributed by atoms with E-state index in [0.717, 1.165) is 11.1 Å². The molecule has 7 nitrogen and oxygen atoms in total. The number of hydrogen-bond donors (Lipinski definition) is 2. The maximum Gasteiger partial charge on any atom is 0.273 e. The molecule has 0 aliphatic carbocycles. The Morgan fingerprint density at radius 3 is 2.11 bits per heavy atom. The lowest BCUT2D eigenvalue weighted by Gasteiger charge is -2.34. The number of rotatable bonds is 8. The number of carbonyl (C=O) groups excluding carboxylic acids is 2. The third-order valence-electron chi connectivity index (χ3n) is 6.44. The summed E-state index contributed by atoms with van der Waals surface area (Å²) in [5.41, 5.74) is 2.69. The van der Waals surface area contributed by atoms with Gasteiger partial charge in [-0.15, -0.1) is 11.3 Å². The predicted molar refractivity (Wildman–Crippen MR) is 147 cm³/mol. The van der Waals surface area contributed by atoms with Crippen molar-refractivity contribution in [3.8, 4) is 0 Å². The molecule has 1 saturated heterocycles. The van der Waals surface area contributed by atoms with Crippen LogP contribution >= 0.6 is 11.3 Å². The Hall–Kier alpha value is -4.08. The molecule has 0 radical (unpaired) electrons. The molecule has 0 atom stereocenters. The number of piperazine rings is 1. The molecule has 1 aliphatic heterocycles. The van der Waals surface area contributed by atoms with Crippen molar-refractivity contribution >= 4 is 34.0 Å². The van der Waals surface area contributed by atoms with Gasteiger partial charge in [-0.2, -0.15) is 0 Å². The number of carbonyl (C=O) groups is 2. The molecule has 0 bridgehead atoms. The van der Waals surface area contributed by atoms with Gasteiger partial charge >= 0.3 is 0 Å². The maximum atomic E-state index is 13.9. The number of nitrogens with zero attached hydrogens (tertiary/aromatic N) is 3. The maximum absolute atomic E-state index is 13.9. The number of amides is 2. The van der Waals surface area contributed by atoms with Gasteiger partial charge in [-0.25, -0.2) is 9.37 Å². The van der Waals surface area contributed by atoms with Gasteiger partial charge in [0.1, 0.15) is 11.5 Å². The summed E-state index contributed by atoms with van der Waals surface area (Å²) in [7, 11) is 0. The van der Waals surface area contributed by atoms with Crippen molar-refractivity contribution in [1.82, 2.24) is 20.1 Å². The van der Waals surface area contributed by atoms with Crippen LogP contribution in [0.2, 0.25) is 0 Å². The van der Waals surface area contributed by atoms with Gasteiger partial charge in [0.25, 0.3) is 5.91 Å². The van der Waals surface area contributed by atoms with Crippen molar-refractivity contribution in [2.24, 2.45) is 0 Å². The summed E-state index contributed by atoms with van der Waals surface area (Å²) in [5.74, 6) is -0.611. The lowest BCUT2D eigenvalue weighted by atomic mass is 9.99. The Labute approximate surface area is 224 Å². The first-order valence-electron chi connectivity index (χ1n) is 12.4. The number of aromatic nitrogens is 1. The van der Waals surface area contributed by atoms with Crippen LogP contribution in [0, 0.1) is 5.82 Å². The molecule has 194 valence electrons. The molecule has 2 heterocycles. The number of anilines is 2. The summed E-state index contributed by atoms with van der Waals surface area (Å²) in [6.45, 7) is 2.43. The van der Waals surface area contributed by atoms with Gasteiger partial charge in [-0.3, -0.25) is 14.5 Å². The summed E-state index contributed by atoms with van der Waals surface area (Å²) in [4.78, 5) is 34.1. The summed E-state index contributed by atoms with van der Waals surface area (Å²) in [5, 5.41) is 8.24. The highest BCUT2D eigenvalue weighted by Crippen LogP contribution is 2.24. The van der Waals surface area contributed by atoms with Gasteiger partial charge in [-0.1, -0.05) is 72.8 Å². The Bertz CT molecular complexity index is 1330. The van der Waals surface area contributed by atoms with E-state index < -0.39 is 0 Å². The molecule has 0 spiro atoms.